The van der Waals surface area contributed by atoms with E-state index in [4.69, 9.17) is 4.74 Å². The van der Waals surface area contributed by atoms with E-state index in [2.05, 4.69) is 44.2 Å². The van der Waals surface area contributed by atoms with Crippen LogP contribution in [0.25, 0.3) is 0 Å². The standard InChI is InChI=1S/C18H32N6O2.HI/c1-13(2)16-23-22-15-5-4-14(10-24(15)16)21-17(19-3)20-11-18(12-25)6-8-26-9-7-18;/h13-14,25H,4-12H2,1-3H3,(H2,19,20,21);1H. The van der Waals surface area contributed by atoms with Crippen LogP contribution < -0.4 is 10.6 Å². The first-order valence-electron chi connectivity index (χ1n) is 9.64. The number of hydrogen-bond acceptors (Lipinski definition) is 5. The second-order valence-electron chi connectivity index (χ2n) is 7.82. The van der Waals surface area contributed by atoms with Gasteiger partial charge in [-0.2, -0.15) is 0 Å². The van der Waals surface area contributed by atoms with Crippen LogP contribution in [0.5, 0.6) is 0 Å². The molecule has 1 saturated heterocycles. The van der Waals surface area contributed by atoms with E-state index in [1.165, 1.54) is 0 Å². The SMILES string of the molecule is CN=C(NCC1(CO)CCOCC1)NC1CCc2nnc(C(C)C)n2C1.I. The highest BCUT2D eigenvalue weighted by Gasteiger charge is 2.32. The number of fused-ring (bicyclic) bond motifs is 1. The second kappa shape index (κ2) is 10.0. The summed E-state index contributed by atoms with van der Waals surface area (Å²) in [5, 5.41) is 25.5. The van der Waals surface area contributed by atoms with Crippen LogP contribution in [0.1, 0.15) is 50.7 Å². The van der Waals surface area contributed by atoms with Gasteiger partial charge in [0.2, 0.25) is 0 Å². The maximum Gasteiger partial charge on any atom is 0.191 e. The van der Waals surface area contributed by atoms with Gasteiger partial charge in [-0.15, -0.1) is 34.2 Å². The highest BCUT2D eigenvalue weighted by atomic mass is 127. The third-order valence-corrected chi connectivity index (χ3v) is 5.58. The van der Waals surface area contributed by atoms with Gasteiger partial charge in [0.1, 0.15) is 11.6 Å². The molecule has 1 aromatic heterocycles. The molecule has 3 heterocycles. The number of nitrogens with one attached hydrogen (secondary N) is 2. The quantitative estimate of drug-likeness (QED) is 0.326. The molecule has 0 aromatic carbocycles. The van der Waals surface area contributed by atoms with Crippen LogP contribution in [-0.2, 0) is 17.7 Å². The molecular weight excluding hydrogens is 459 g/mol. The van der Waals surface area contributed by atoms with Crippen molar-refractivity contribution in [3.8, 4) is 0 Å². The number of aryl methyl sites for hydroxylation is 1. The topological polar surface area (TPSA) is 96.6 Å². The summed E-state index contributed by atoms with van der Waals surface area (Å²) in [4.78, 5) is 4.37. The van der Waals surface area contributed by atoms with Gasteiger partial charge in [-0.05, 0) is 19.3 Å². The molecule has 0 saturated carbocycles. The van der Waals surface area contributed by atoms with E-state index in [0.717, 1.165) is 49.8 Å². The third kappa shape index (κ3) is 5.32. The van der Waals surface area contributed by atoms with Gasteiger partial charge >= 0.3 is 0 Å². The van der Waals surface area contributed by atoms with Crippen molar-refractivity contribution >= 4 is 29.9 Å². The first-order valence-corrected chi connectivity index (χ1v) is 9.64. The van der Waals surface area contributed by atoms with E-state index in [1.807, 2.05) is 0 Å². The normalized spacial score (nSPS) is 22.1. The largest absolute Gasteiger partial charge is 0.396 e. The van der Waals surface area contributed by atoms with E-state index in [1.54, 1.807) is 7.05 Å². The zero-order valence-electron chi connectivity index (χ0n) is 16.6. The first kappa shape index (κ1) is 22.4. The van der Waals surface area contributed by atoms with Crippen molar-refractivity contribution in [1.29, 1.82) is 0 Å². The molecule has 0 amide bonds. The number of aliphatic hydroxyl groups is 1. The maximum absolute atomic E-state index is 9.84. The summed E-state index contributed by atoms with van der Waals surface area (Å²) in [6.45, 7) is 7.46. The molecule has 2 aliphatic rings. The molecular formula is C18H33IN6O2. The summed E-state index contributed by atoms with van der Waals surface area (Å²) >= 11 is 0. The Morgan fingerprint density at radius 2 is 2.11 bits per heavy atom. The predicted molar refractivity (Wildman–Crippen MR) is 116 cm³/mol. The average molecular weight is 492 g/mol. The summed E-state index contributed by atoms with van der Waals surface area (Å²) in [6.07, 6.45) is 3.68. The number of hydrogen-bond donors (Lipinski definition) is 3. The van der Waals surface area contributed by atoms with Gasteiger partial charge in [0.05, 0.1) is 6.61 Å². The second-order valence-corrected chi connectivity index (χ2v) is 7.82. The Labute approximate surface area is 178 Å². The fraction of sp³-hybridized carbons (Fsp3) is 0.833. The number of aromatic nitrogens is 3. The summed E-state index contributed by atoms with van der Waals surface area (Å²) in [5.74, 6) is 3.29. The summed E-state index contributed by atoms with van der Waals surface area (Å²) in [7, 11) is 1.79. The molecule has 8 nitrogen and oxygen atoms in total. The van der Waals surface area contributed by atoms with Crippen molar-refractivity contribution in [3.63, 3.8) is 0 Å². The smallest absolute Gasteiger partial charge is 0.191 e. The van der Waals surface area contributed by atoms with Gasteiger partial charge in [0, 0.05) is 57.1 Å². The molecule has 0 radical (unpaired) electrons. The Kier molecular flexibility index (Phi) is 8.29. The van der Waals surface area contributed by atoms with Gasteiger partial charge in [0.15, 0.2) is 5.96 Å². The van der Waals surface area contributed by atoms with E-state index < -0.39 is 0 Å². The van der Waals surface area contributed by atoms with Gasteiger partial charge in [-0.1, -0.05) is 13.8 Å². The molecule has 1 atom stereocenters. The van der Waals surface area contributed by atoms with Gasteiger partial charge in [0.25, 0.3) is 0 Å². The summed E-state index contributed by atoms with van der Waals surface area (Å²) in [6, 6.07) is 0.293. The van der Waals surface area contributed by atoms with Crippen LogP contribution in [0, 0.1) is 5.41 Å². The zero-order chi connectivity index (χ0) is 18.6. The van der Waals surface area contributed by atoms with E-state index >= 15 is 0 Å². The van der Waals surface area contributed by atoms with Crippen molar-refractivity contribution in [1.82, 2.24) is 25.4 Å². The molecule has 9 heteroatoms. The van der Waals surface area contributed by atoms with Crippen molar-refractivity contribution in [3.05, 3.63) is 11.6 Å². The number of halogens is 1. The number of guanidine groups is 1. The van der Waals surface area contributed by atoms with Crippen LogP contribution in [0.15, 0.2) is 4.99 Å². The van der Waals surface area contributed by atoms with Crippen LogP contribution in [-0.4, -0.2) is 65.3 Å². The molecule has 0 bridgehead atoms. The van der Waals surface area contributed by atoms with Crippen LogP contribution in [0.2, 0.25) is 0 Å². The van der Waals surface area contributed by atoms with Gasteiger partial charge in [-0.3, -0.25) is 4.99 Å². The molecule has 27 heavy (non-hydrogen) atoms. The molecule has 1 aromatic rings. The van der Waals surface area contributed by atoms with Crippen molar-refractivity contribution in [2.24, 2.45) is 10.4 Å². The number of aliphatic imine (C=N–C) groups is 1. The third-order valence-electron chi connectivity index (χ3n) is 5.58. The predicted octanol–water partition coefficient (Wildman–Crippen LogP) is 1.29. The molecule has 1 unspecified atom stereocenters. The molecule has 154 valence electrons. The Hall–Kier alpha value is -0.940. The maximum atomic E-state index is 9.84. The van der Waals surface area contributed by atoms with Gasteiger partial charge < -0.3 is 25.0 Å². The monoisotopic (exact) mass is 492 g/mol. The van der Waals surface area contributed by atoms with E-state index in [0.29, 0.717) is 31.7 Å². The van der Waals surface area contributed by atoms with Gasteiger partial charge in [-0.25, -0.2) is 0 Å². The fourth-order valence-corrected chi connectivity index (χ4v) is 3.75. The highest BCUT2D eigenvalue weighted by Crippen LogP contribution is 2.29. The van der Waals surface area contributed by atoms with E-state index in [-0.39, 0.29) is 36.0 Å². The molecule has 0 aliphatic carbocycles. The molecule has 0 spiro atoms. The van der Waals surface area contributed by atoms with Crippen LogP contribution >= 0.6 is 24.0 Å². The number of rotatable bonds is 5. The zero-order valence-corrected chi connectivity index (χ0v) is 18.9. The minimum Gasteiger partial charge on any atom is -0.396 e. The minimum absolute atomic E-state index is 0. The lowest BCUT2D eigenvalue weighted by Gasteiger charge is -2.36. The molecule has 3 N–H and O–H groups in total. The molecule has 1 fully saturated rings. The molecule has 3 rings (SSSR count). The number of ether oxygens (including phenoxy) is 1. The van der Waals surface area contributed by atoms with E-state index in [9.17, 15) is 5.11 Å². The summed E-state index contributed by atoms with van der Waals surface area (Å²) in [5.41, 5.74) is -0.116. The highest BCUT2D eigenvalue weighted by molar-refractivity contribution is 14.0. The van der Waals surface area contributed by atoms with Crippen molar-refractivity contribution in [2.75, 3.05) is 33.4 Å². The Morgan fingerprint density at radius 1 is 1.37 bits per heavy atom. The Bertz CT molecular complexity index is 627. The average Bonchev–Trinajstić information content (AvgIpc) is 3.09. The minimum atomic E-state index is -0.116. The lowest BCUT2D eigenvalue weighted by molar-refractivity contribution is -0.0132. The molecule has 2 aliphatic heterocycles. The number of aliphatic hydroxyl groups excluding tert-OH is 1. The Morgan fingerprint density at radius 3 is 2.74 bits per heavy atom. The Balaban J connectivity index is 0.00000261. The lowest BCUT2D eigenvalue weighted by Crippen LogP contribution is -2.51. The van der Waals surface area contributed by atoms with Crippen molar-refractivity contribution in [2.45, 2.75) is 58.0 Å². The van der Waals surface area contributed by atoms with Crippen LogP contribution in [0.3, 0.4) is 0 Å². The first-order chi connectivity index (χ1) is 12.6. The summed E-state index contributed by atoms with van der Waals surface area (Å²) < 4.78 is 7.68. The van der Waals surface area contributed by atoms with Crippen molar-refractivity contribution < 1.29 is 9.84 Å². The van der Waals surface area contributed by atoms with Crippen LogP contribution in [0.4, 0.5) is 0 Å². The fourth-order valence-electron chi connectivity index (χ4n) is 3.75. The number of nitrogens with zero attached hydrogens (tertiary/aromatic N) is 4. The lowest BCUT2D eigenvalue weighted by atomic mass is 9.81.